The van der Waals surface area contributed by atoms with Crippen molar-refractivity contribution in [1.82, 2.24) is 14.5 Å². The third kappa shape index (κ3) is 4.84. The fraction of sp³-hybridized carbons (Fsp3) is 0.250. The van der Waals surface area contributed by atoms with Gasteiger partial charge in [0.15, 0.2) is 5.78 Å². The lowest BCUT2D eigenvalue weighted by molar-refractivity contribution is 0.0339. The molecule has 0 atom stereocenters. The number of benzene rings is 2. The van der Waals surface area contributed by atoms with Gasteiger partial charge in [-0.1, -0.05) is 12.1 Å². The van der Waals surface area contributed by atoms with Crippen LogP contribution >= 0.6 is 0 Å². The number of carbonyl (C=O) groups is 1. The number of rotatable bonds is 7. The summed E-state index contributed by atoms with van der Waals surface area (Å²) in [6.07, 6.45) is 8.80. The Morgan fingerprint density at radius 2 is 1.97 bits per heavy atom. The number of hydrogen-bond acceptors (Lipinski definition) is 5. The number of morpholine rings is 1. The van der Waals surface area contributed by atoms with Crippen molar-refractivity contribution in [2.45, 2.75) is 6.54 Å². The lowest BCUT2D eigenvalue weighted by Gasteiger charge is -2.27. The molecular weight excluding hydrogens is 378 g/mol. The number of ether oxygens (including phenoxy) is 2. The maximum absolute atomic E-state index is 12.6. The molecule has 154 valence electrons. The van der Waals surface area contributed by atoms with Crippen molar-refractivity contribution in [3.8, 4) is 11.4 Å². The van der Waals surface area contributed by atoms with Gasteiger partial charge in [0.2, 0.25) is 0 Å². The van der Waals surface area contributed by atoms with Gasteiger partial charge in [-0.25, -0.2) is 4.98 Å². The minimum Gasteiger partial charge on any atom is -0.496 e. The number of allylic oxidation sites excluding steroid dienone is 1. The number of methoxy groups -OCH3 is 1. The fourth-order valence-electron chi connectivity index (χ4n) is 3.50. The first-order valence-corrected chi connectivity index (χ1v) is 10.0. The van der Waals surface area contributed by atoms with Crippen molar-refractivity contribution in [2.75, 3.05) is 33.4 Å². The molecule has 0 N–H and O–H groups in total. The lowest BCUT2D eigenvalue weighted by Crippen LogP contribution is -2.35. The lowest BCUT2D eigenvalue weighted by atomic mass is 10.1. The van der Waals surface area contributed by atoms with Gasteiger partial charge in [-0.2, -0.15) is 0 Å². The van der Waals surface area contributed by atoms with E-state index in [-0.39, 0.29) is 5.78 Å². The highest BCUT2D eigenvalue weighted by Crippen LogP contribution is 2.23. The minimum absolute atomic E-state index is 0.0299. The Hall–Kier alpha value is -3.22. The number of imidazole rings is 1. The van der Waals surface area contributed by atoms with E-state index >= 15 is 0 Å². The number of ketones is 1. The van der Waals surface area contributed by atoms with Crippen molar-refractivity contribution in [3.05, 3.63) is 84.0 Å². The molecule has 0 amide bonds. The first-order valence-electron chi connectivity index (χ1n) is 10.0. The van der Waals surface area contributed by atoms with Crippen LogP contribution in [0.4, 0.5) is 0 Å². The van der Waals surface area contributed by atoms with Gasteiger partial charge in [-0.05, 0) is 48.0 Å². The molecule has 2 heterocycles. The summed E-state index contributed by atoms with van der Waals surface area (Å²) in [5, 5.41) is 0. The first-order chi connectivity index (χ1) is 14.7. The van der Waals surface area contributed by atoms with E-state index in [1.807, 2.05) is 53.2 Å². The topological polar surface area (TPSA) is 56.6 Å². The summed E-state index contributed by atoms with van der Waals surface area (Å²) >= 11 is 0. The summed E-state index contributed by atoms with van der Waals surface area (Å²) in [7, 11) is 1.69. The molecule has 1 saturated heterocycles. The zero-order chi connectivity index (χ0) is 20.8. The number of aromatic nitrogens is 2. The van der Waals surface area contributed by atoms with Gasteiger partial charge in [0.1, 0.15) is 5.75 Å². The Balaban J connectivity index is 1.46. The summed E-state index contributed by atoms with van der Waals surface area (Å²) in [6.45, 7) is 4.15. The molecule has 30 heavy (non-hydrogen) atoms. The van der Waals surface area contributed by atoms with Crippen LogP contribution in [0.5, 0.6) is 5.75 Å². The quantitative estimate of drug-likeness (QED) is 0.446. The van der Waals surface area contributed by atoms with Crippen LogP contribution < -0.4 is 4.74 Å². The monoisotopic (exact) mass is 403 g/mol. The van der Waals surface area contributed by atoms with Crippen LogP contribution in [0.15, 0.2) is 67.3 Å². The molecular formula is C24H25N3O3. The number of hydrogen-bond donors (Lipinski definition) is 0. The van der Waals surface area contributed by atoms with Crippen LogP contribution in [0.25, 0.3) is 11.8 Å². The summed E-state index contributed by atoms with van der Waals surface area (Å²) in [5.41, 5.74) is 3.70. The molecule has 6 heteroatoms. The summed E-state index contributed by atoms with van der Waals surface area (Å²) in [6, 6.07) is 13.5. The van der Waals surface area contributed by atoms with Crippen molar-refractivity contribution in [2.24, 2.45) is 0 Å². The highest BCUT2D eigenvalue weighted by molar-refractivity contribution is 6.06. The molecule has 1 aromatic heterocycles. The van der Waals surface area contributed by atoms with Crippen molar-refractivity contribution < 1.29 is 14.3 Å². The van der Waals surface area contributed by atoms with E-state index in [9.17, 15) is 4.79 Å². The predicted molar refractivity (Wildman–Crippen MR) is 116 cm³/mol. The Bertz CT molecular complexity index is 1000. The van der Waals surface area contributed by atoms with Gasteiger partial charge < -0.3 is 14.0 Å². The van der Waals surface area contributed by atoms with E-state index in [0.717, 1.165) is 55.4 Å². The molecule has 0 unspecified atom stereocenters. The molecule has 2 aromatic carbocycles. The summed E-state index contributed by atoms with van der Waals surface area (Å²) < 4.78 is 12.9. The molecule has 1 aliphatic rings. The van der Waals surface area contributed by atoms with Gasteiger partial charge >= 0.3 is 0 Å². The molecule has 1 aliphatic heterocycles. The van der Waals surface area contributed by atoms with Crippen LogP contribution in [0, 0.1) is 0 Å². The Morgan fingerprint density at radius 3 is 2.67 bits per heavy atom. The summed E-state index contributed by atoms with van der Waals surface area (Å²) in [5.74, 6) is 0.831. The van der Waals surface area contributed by atoms with Gasteiger partial charge in [-0.3, -0.25) is 9.69 Å². The predicted octanol–water partition coefficient (Wildman–Crippen LogP) is 3.61. The Morgan fingerprint density at radius 1 is 1.17 bits per heavy atom. The average Bonchev–Trinajstić information content (AvgIpc) is 3.33. The average molecular weight is 403 g/mol. The van der Waals surface area contributed by atoms with E-state index in [2.05, 4.69) is 16.0 Å². The van der Waals surface area contributed by atoms with E-state index in [1.54, 1.807) is 25.7 Å². The second kappa shape index (κ2) is 9.52. The van der Waals surface area contributed by atoms with E-state index in [1.165, 1.54) is 0 Å². The van der Waals surface area contributed by atoms with Gasteiger partial charge in [-0.15, -0.1) is 0 Å². The largest absolute Gasteiger partial charge is 0.496 e. The van der Waals surface area contributed by atoms with E-state index < -0.39 is 0 Å². The Labute approximate surface area is 176 Å². The zero-order valence-electron chi connectivity index (χ0n) is 17.0. The van der Waals surface area contributed by atoms with Crippen molar-refractivity contribution in [1.29, 1.82) is 0 Å². The van der Waals surface area contributed by atoms with Gasteiger partial charge in [0.25, 0.3) is 0 Å². The van der Waals surface area contributed by atoms with Crippen LogP contribution in [0.2, 0.25) is 0 Å². The van der Waals surface area contributed by atoms with Crippen LogP contribution in [-0.2, 0) is 11.3 Å². The standard InChI is InChI=1S/C24H25N3O3/c1-29-24-9-3-19(16-21(24)17-26-12-14-30-15-13-26)2-8-23(28)20-4-6-22(7-5-20)27-11-10-25-18-27/h2-11,16,18H,12-15,17H2,1H3/b8-2+. The molecule has 0 aliphatic carbocycles. The number of nitrogens with zero attached hydrogens (tertiary/aromatic N) is 3. The molecule has 4 rings (SSSR count). The Kier molecular flexibility index (Phi) is 6.37. The second-order valence-electron chi connectivity index (χ2n) is 7.17. The van der Waals surface area contributed by atoms with Crippen molar-refractivity contribution >= 4 is 11.9 Å². The minimum atomic E-state index is -0.0299. The zero-order valence-corrected chi connectivity index (χ0v) is 17.0. The maximum Gasteiger partial charge on any atom is 0.185 e. The summed E-state index contributed by atoms with van der Waals surface area (Å²) in [4.78, 5) is 19.0. The highest BCUT2D eigenvalue weighted by Gasteiger charge is 2.13. The normalized spacial score (nSPS) is 14.8. The third-order valence-corrected chi connectivity index (χ3v) is 5.18. The van der Waals surface area contributed by atoms with Crippen LogP contribution in [-0.4, -0.2) is 53.6 Å². The SMILES string of the molecule is COc1ccc(/C=C/C(=O)c2ccc(-n3ccnc3)cc2)cc1CN1CCOCC1. The first kappa shape index (κ1) is 20.1. The fourth-order valence-corrected chi connectivity index (χ4v) is 3.50. The highest BCUT2D eigenvalue weighted by atomic mass is 16.5. The molecule has 0 radical (unpaired) electrons. The molecule has 0 saturated carbocycles. The van der Waals surface area contributed by atoms with Crippen LogP contribution in [0.3, 0.4) is 0 Å². The van der Waals surface area contributed by atoms with Crippen LogP contribution in [0.1, 0.15) is 21.5 Å². The van der Waals surface area contributed by atoms with E-state index in [4.69, 9.17) is 9.47 Å². The smallest absolute Gasteiger partial charge is 0.185 e. The molecule has 3 aromatic rings. The van der Waals surface area contributed by atoms with E-state index in [0.29, 0.717) is 5.56 Å². The van der Waals surface area contributed by atoms with Gasteiger partial charge in [0, 0.05) is 48.8 Å². The molecule has 0 bridgehead atoms. The molecule has 0 spiro atoms. The second-order valence-corrected chi connectivity index (χ2v) is 7.17. The maximum atomic E-state index is 12.6. The molecule has 1 fully saturated rings. The van der Waals surface area contributed by atoms with Crippen molar-refractivity contribution in [3.63, 3.8) is 0 Å². The van der Waals surface area contributed by atoms with Gasteiger partial charge in [0.05, 0.1) is 26.7 Å². The molecule has 6 nitrogen and oxygen atoms in total. The third-order valence-electron chi connectivity index (χ3n) is 5.18. The number of carbonyl (C=O) groups excluding carboxylic acids is 1.